The first-order valence-corrected chi connectivity index (χ1v) is 7.69. The molecule has 1 aliphatic carbocycles. The van der Waals surface area contributed by atoms with E-state index >= 15 is 0 Å². The Morgan fingerprint density at radius 3 is 2.65 bits per heavy atom. The average molecular weight is 294 g/mol. The molecule has 108 valence electrons. The van der Waals surface area contributed by atoms with Gasteiger partial charge in [-0.05, 0) is 43.4 Å². The first-order chi connectivity index (χ1) is 9.65. The zero-order valence-corrected chi connectivity index (χ0v) is 12.5. The van der Waals surface area contributed by atoms with Gasteiger partial charge in [0.15, 0.2) is 0 Å². The number of rotatable bonds is 3. The Hall–Kier alpha value is -1.06. The van der Waals surface area contributed by atoms with Crippen LogP contribution in [0.25, 0.3) is 0 Å². The summed E-state index contributed by atoms with van der Waals surface area (Å²) in [6.07, 6.45) is 2.44. The van der Waals surface area contributed by atoms with Crippen LogP contribution in [-0.4, -0.2) is 36.6 Å². The van der Waals surface area contributed by atoms with Gasteiger partial charge in [0.1, 0.15) is 0 Å². The smallest absolute Gasteiger partial charge is 0.230 e. The number of nitrogens with zero attached hydrogens (tertiary/aromatic N) is 1. The Morgan fingerprint density at radius 2 is 2.05 bits per heavy atom. The van der Waals surface area contributed by atoms with Crippen molar-refractivity contribution >= 4 is 17.5 Å². The Kier molecular flexibility index (Phi) is 3.99. The standard InChI is InChI=1S/C16H20ClNO2/c1-11-10-18(8-9-20-11)16(19)15(12-2-3-12)13-4-6-14(17)7-5-13/h4-7,11-12,15H,2-3,8-10H2,1H3. The molecule has 1 aromatic rings. The van der Waals surface area contributed by atoms with E-state index in [1.165, 1.54) is 0 Å². The van der Waals surface area contributed by atoms with Crippen LogP contribution in [0.4, 0.5) is 0 Å². The summed E-state index contributed by atoms with van der Waals surface area (Å²) < 4.78 is 5.52. The molecule has 1 heterocycles. The van der Waals surface area contributed by atoms with Crippen LogP contribution >= 0.6 is 11.6 Å². The average Bonchev–Trinajstić information content (AvgIpc) is 3.26. The molecule has 0 N–H and O–H groups in total. The van der Waals surface area contributed by atoms with Gasteiger partial charge in [0.05, 0.1) is 18.6 Å². The number of benzene rings is 1. The number of hydrogen-bond acceptors (Lipinski definition) is 2. The van der Waals surface area contributed by atoms with Gasteiger partial charge in [0, 0.05) is 18.1 Å². The third-order valence-electron chi connectivity index (χ3n) is 4.14. The van der Waals surface area contributed by atoms with Crippen LogP contribution in [0, 0.1) is 5.92 Å². The molecule has 1 aromatic carbocycles. The quantitative estimate of drug-likeness (QED) is 0.857. The van der Waals surface area contributed by atoms with Gasteiger partial charge in [-0.1, -0.05) is 23.7 Å². The van der Waals surface area contributed by atoms with Crippen molar-refractivity contribution in [3.05, 3.63) is 34.9 Å². The Labute approximate surface area is 124 Å². The van der Waals surface area contributed by atoms with Crippen LogP contribution in [0.2, 0.25) is 5.02 Å². The molecule has 0 bridgehead atoms. The van der Waals surface area contributed by atoms with E-state index in [9.17, 15) is 4.79 Å². The molecule has 0 spiro atoms. The fraction of sp³-hybridized carbons (Fsp3) is 0.562. The van der Waals surface area contributed by atoms with Crippen molar-refractivity contribution < 1.29 is 9.53 Å². The number of halogens is 1. The molecule has 1 saturated heterocycles. The SMILES string of the molecule is CC1CN(C(=O)C(c2ccc(Cl)cc2)C2CC2)CCO1. The number of ether oxygens (including phenoxy) is 1. The monoisotopic (exact) mass is 293 g/mol. The second-order valence-corrected chi connectivity index (χ2v) is 6.27. The normalized spacial score (nSPS) is 24.5. The molecule has 0 radical (unpaired) electrons. The lowest BCUT2D eigenvalue weighted by atomic mass is 9.92. The van der Waals surface area contributed by atoms with E-state index in [0.29, 0.717) is 25.6 Å². The number of carbonyl (C=O) groups is 1. The van der Waals surface area contributed by atoms with Gasteiger partial charge in [0.2, 0.25) is 5.91 Å². The molecule has 2 unspecified atom stereocenters. The minimum absolute atomic E-state index is 0.00225. The first-order valence-electron chi connectivity index (χ1n) is 7.31. The topological polar surface area (TPSA) is 29.5 Å². The fourth-order valence-corrected chi connectivity index (χ4v) is 3.06. The summed E-state index contributed by atoms with van der Waals surface area (Å²) in [7, 11) is 0. The Morgan fingerprint density at radius 1 is 1.35 bits per heavy atom. The van der Waals surface area contributed by atoms with Crippen LogP contribution < -0.4 is 0 Å². The maximum atomic E-state index is 12.8. The van der Waals surface area contributed by atoms with E-state index in [0.717, 1.165) is 23.4 Å². The molecule has 3 nitrogen and oxygen atoms in total. The summed E-state index contributed by atoms with van der Waals surface area (Å²) in [4.78, 5) is 14.8. The summed E-state index contributed by atoms with van der Waals surface area (Å²) in [5.74, 6) is 0.754. The van der Waals surface area contributed by atoms with Crippen molar-refractivity contribution in [3.63, 3.8) is 0 Å². The van der Waals surface area contributed by atoms with Crippen molar-refractivity contribution in [2.45, 2.75) is 31.8 Å². The third-order valence-corrected chi connectivity index (χ3v) is 4.39. The van der Waals surface area contributed by atoms with Gasteiger partial charge in [-0.2, -0.15) is 0 Å². The highest BCUT2D eigenvalue weighted by atomic mass is 35.5. The first kappa shape index (κ1) is 13.9. The fourth-order valence-electron chi connectivity index (χ4n) is 2.93. The molecule has 3 rings (SSSR count). The predicted molar refractivity (Wildman–Crippen MR) is 78.9 cm³/mol. The summed E-state index contributed by atoms with van der Waals surface area (Å²) >= 11 is 5.95. The van der Waals surface area contributed by atoms with Gasteiger partial charge < -0.3 is 9.64 Å². The van der Waals surface area contributed by atoms with Gasteiger partial charge in [-0.3, -0.25) is 4.79 Å². The molecular weight excluding hydrogens is 274 g/mol. The van der Waals surface area contributed by atoms with Gasteiger partial charge >= 0.3 is 0 Å². The maximum absolute atomic E-state index is 12.8. The minimum Gasteiger partial charge on any atom is -0.375 e. The number of morpholine rings is 1. The Balaban J connectivity index is 1.79. The highest BCUT2D eigenvalue weighted by molar-refractivity contribution is 6.30. The summed E-state index contributed by atoms with van der Waals surface area (Å²) in [6, 6.07) is 7.74. The van der Waals surface area contributed by atoms with Gasteiger partial charge in [0.25, 0.3) is 0 Å². The van der Waals surface area contributed by atoms with Crippen molar-refractivity contribution in [2.24, 2.45) is 5.92 Å². The van der Waals surface area contributed by atoms with E-state index in [4.69, 9.17) is 16.3 Å². The highest BCUT2D eigenvalue weighted by Crippen LogP contribution is 2.44. The lowest BCUT2D eigenvalue weighted by Crippen LogP contribution is -2.46. The van der Waals surface area contributed by atoms with Crippen LogP contribution in [-0.2, 0) is 9.53 Å². The number of hydrogen-bond donors (Lipinski definition) is 0. The van der Waals surface area contributed by atoms with E-state index in [2.05, 4.69) is 0 Å². The zero-order chi connectivity index (χ0) is 14.1. The maximum Gasteiger partial charge on any atom is 0.230 e. The highest BCUT2D eigenvalue weighted by Gasteiger charge is 2.40. The molecule has 1 aliphatic heterocycles. The summed E-state index contributed by atoms with van der Waals surface area (Å²) in [5.41, 5.74) is 1.10. The lowest BCUT2D eigenvalue weighted by Gasteiger charge is -2.34. The third kappa shape index (κ3) is 2.99. The molecule has 2 atom stereocenters. The van der Waals surface area contributed by atoms with Crippen LogP contribution in [0.3, 0.4) is 0 Å². The molecule has 20 heavy (non-hydrogen) atoms. The van der Waals surface area contributed by atoms with Crippen LogP contribution in [0.5, 0.6) is 0 Å². The van der Waals surface area contributed by atoms with Crippen molar-refractivity contribution in [1.29, 1.82) is 0 Å². The molecule has 0 aromatic heterocycles. The summed E-state index contributed by atoms with van der Waals surface area (Å²) in [5, 5.41) is 0.718. The lowest BCUT2D eigenvalue weighted by molar-refractivity contribution is -0.140. The van der Waals surface area contributed by atoms with Crippen LogP contribution in [0.1, 0.15) is 31.2 Å². The van der Waals surface area contributed by atoms with Crippen molar-refractivity contribution in [2.75, 3.05) is 19.7 Å². The zero-order valence-electron chi connectivity index (χ0n) is 11.7. The molecular formula is C16H20ClNO2. The number of amides is 1. The molecule has 2 aliphatic rings. The second kappa shape index (κ2) is 5.74. The van der Waals surface area contributed by atoms with E-state index in [1.54, 1.807) is 0 Å². The largest absolute Gasteiger partial charge is 0.375 e. The predicted octanol–water partition coefficient (Wildman–Crippen LogP) is 3.08. The van der Waals surface area contributed by atoms with Crippen LogP contribution in [0.15, 0.2) is 24.3 Å². The van der Waals surface area contributed by atoms with Gasteiger partial charge in [-0.25, -0.2) is 0 Å². The van der Waals surface area contributed by atoms with E-state index < -0.39 is 0 Å². The summed E-state index contributed by atoms with van der Waals surface area (Å²) in [6.45, 7) is 4.08. The Bertz CT molecular complexity index is 484. The minimum atomic E-state index is -0.00225. The van der Waals surface area contributed by atoms with Crippen molar-refractivity contribution in [3.8, 4) is 0 Å². The molecule has 1 amide bonds. The van der Waals surface area contributed by atoms with E-state index in [-0.39, 0.29) is 17.9 Å². The second-order valence-electron chi connectivity index (χ2n) is 5.83. The number of carbonyl (C=O) groups excluding carboxylic acids is 1. The molecule has 1 saturated carbocycles. The molecule has 2 fully saturated rings. The van der Waals surface area contributed by atoms with Gasteiger partial charge in [-0.15, -0.1) is 0 Å². The van der Waals surface area contributed by atoms with Crippen molar-refractivity contribution in [1.82, 2.24) is 4.90 Å². The molecule has 4 heteroatoms. The van der Waals surface area contributed by atoms with E-state index in [1.807, 2.05) is 36.1 Å².